The first-order valence-corrected chi connectivity index (χ1v) is 9.00. The van der Waals surface area contributed by atoms with Gasteiger partial charge in [-0.1, -0.05) is 26.8 Å². The van der Waals surface area contributed by atoms with E-state index in [9.17, 15) is 4.79 Å². The predicted molar refractivity (Wildman–Crippen MR) is 99.1 cm³/mol. The molecule has 1 aliphatic carbocycles. The van der Waals surface area contributed by atoms with Crippen LogP contribution in [-0.4, -0.2) is 61.4 Å². The van der Waals surface area contributed by atoms with Crippen molar-refractivity contribution in [3.63, 3.8) is 0 Å². The van der Waals surface area contributed by atoms with Crippen LogP contribution in [0.15, 0.2) is 18.2 Å². The molecule has 0 heterocycles. The average molecular weight is 353 g/mol. The lowest BCUT2D eigenvalue weighted by atomic mass is 9.66. The van der Waals surface area contributed by atoms with E-state index in [-0.39, 0.29) is 29.3 Å². The molecule has 1 aromatic carbocycles. The number of nitrogens with zero attached hydrogens (tertiary/aromatic N) is 2. The molecule has 1 aliphatic rings. The zero-order chi connectivity index (χ0) is 18.1. The second kappa shape index (κ2) is 7.32. The number of halogens is 1. The van der Waals surface area contributed by atoms with E-state index >= 15 is 0 Å². The molecule has 0 fully saturated rings. The quantitative estimate of drug-likeness (QED) is 0.764. The fraction of sp³-hybridized carbons (Fsp3) is 0.632. The summed E-state index contributed by atoms with van der Waals surface area (Å²) in [4.78, 5) is 16.5. The molecule has 134 valence electrons. The number of likely N-dealkylation sites (N-methyl/N-ethyl adjacent to an activating group) is 2. The van der Waals surface area contributed by atoms with Crippen LogP contribution in [0.25, 0.3) is 0 Å². The van der Waals surface area contributed by atoms with Crippen LogP contribution in [0.2, 0.25) is 0 Å². The molecule has 0 saturated heterocycles. The molecule has 0 aliphatic heterocycles. The monoisotopic (exact) mass is 352 g/mol. The molecule has 0 aromatic heterocycles. The summed E-state index contributed by atoms with van der Waals surface area (Å²) >= 11 is 5.84. The number of carbonyl (C=O) groups is 1. The molecule has 0 spiro atoms. The number of ether oxygens (including phenoxy) is 1. The van der Waals surface area contributed by atoms with Crippen molar-refractivity contribution in [1.82, 2.24) is 9.80 Å². The number of hydrogen-bond acceptors (Lipinski definition) is 3. The standard InChI is InChI=1S/C19H29ClN2O2/c1-7-21(4)16-10-13-8-9-14(24-6)11-15(13)19(2,3)18(16)22(5)17(23)12-20/h8-9,11,16,18H,7,10,12H2,1-6H3/t16-,18+/m1/s1. The van der Waals surface area contributed by atoms with Gasteiger partial charge in [0.2, 0.25) is 5.91 Å². The summed E-state index contributed by atoms with van der Waals surface area (Å²) in [6.45, 7) is 7.51. The smallest absolute Gasteiger partial charge is 0.237 e. The highest BCUT2D eigenvalue weighted by Gasteiger charge is 2.47. The largest absolute Gasteiger partial charge is 0.497 e. The van der Waals surface area contributed by atoms with Gasteiger partial charge in [-0.25, -0.2) is 0 Å². The van der Waals surface area contributed by atoms with Gasteiger partial charge in [-0.15, -0.1) is 11.6 Å². The molecule has 0 bridgehead atoms. The topological polar surface area (TPSA) is 32.8 Å². The summed E-state index contributed by atoms with van der Waals surface area (Å²) in [7, 11) is 5.69. The maximum atomic E-state index is 12.3. The second-order valence-corrected chi connectivity index (χ2v) is 7.44. The van der Waals surface area contributed by atoms with E-state index in [0.717, 1.165) is 18.7 Å². The van der Waals surface area contributed by atoms with E-state index < -0.39 is 0 Å². The Bertz CT molecular complexity index is 603. The first kappa shape index (κ1) is 19.1. The highest BCUT2D eigenvalue weighted by molar-refractivity contribution is 6.27. The van der Waals surface area contributed by atoms with Crippen molar-refractivity contribution in [2.75, 3.05) is 33.6 Å². The number of carbonyl (C=O) groups excluding carboxylic acids is 1. The van der Waals surface area contributed by atoms with Gasteiger partial charge in [0.05, 0.1) is 13.2 Å². The molecule has 1 aromatic rings. The summed E-state index contributed by atoms with van der Waals surface area (Å²) in [5.41, 5.74) is 2.38. The zero-order valence-corrected chi connectivity index (χ0v) is 16.4. The number of fused-ring (bicyclic) bond motifs is 1. The first-order valence-electron chi connectivity index (χ1n) is 8.47. The van der Waals surface area contributed by atoms with Gasteiger partial charge in [-0.2, -0.15) is 0 Å². The molecule has 24 heavy (non-hydrogen) atoms. The van der Waals surface area contributed by atoms with Gasteiger partial charge in [0.15, 0.2) is 0 Å². The second-order valence-electron chi connectivity index (χ2n) is 7.17. The van der Waals surface area contributed by atoms with Gasteiger partial charge in [-0.05, 0) is 43.3 Å². The van der Waals surface area contributed by atoms with Crippen LogP contribution in [0.5, 0.6) is 5.75 Å². The van der Waals surface area contributed by atoms with Crippen molar-refractivity contribution >= 4 is 17.5 Å². The number of benzene rings is 1. The number of hydrogen-bond donors (Lipinski definition) is 0. The van der Waals surface area contributed by atoms with Gasteiger partial charge < -0.3 is 14.5 Å². The Morgan fingerprint density at radius 3 is 2.58 bits per heavy atom. The average Bonchev–Trinajstić information content (AvgIpc) is 2.58. The minimum absolute atomic E-state index is 0.0105. The third kappa shape index (κ3) is 3.27. The Hall–Kier alpha value is -1.26. The fourth-order valence-electron chi connectivity index (χ4n) is 4.06. The molecule has 2 rings (SSSR count). The fourth-order valence-corrected chi connectivity index (χ4v) is 4.25. The molecule has 0 N–H and O–H groups in total. The number of amides is 1. The van der Waals surface area contributed by atoms with Crippen LogP contribution in [0.1, 0.15) is 31.9 Å². The maximum Gasteiger partial charge on any atom is 0.237 e. The molecular weight excluding hydrogens is 324 g/mol. The molecule has 5 heteroatoms. The third-order valence-corrected chi connectivity index (χ3v) is 5.76. The van der Waals surface area contributed by atoms with Crippen molar-refractivity contribution in [1.29, 1.82) is 0 Å². The normalized spacial score (nSPS) is 22.2. The molecule has 1 amide bonds. The molecule has 2 atom stereocenters. The van der Waals surface area contributed by atoms with Gasteiger partial charge in [-0.3, -0.25) is 4.79 Å². The minimum atomic E-state index is -0.202. The summed E-state index contributed by atoms with van der Waals surface area (Å²) in [6, 6.07) is 6.60. The molecular formula is C19H29ClN2O2. The molecule has 0 saturated carbocycles. The molecule has 0 unspecified atom stereocenters. The number of alkyl halides is 1. The predicted octanol–water partition coefficient (Wildman–Crippen LogP) is 2.92. The Labute approximate surface area is 150 Å². The van der Waals surface area contributed by atoms with E-state index in [0.29, 0.717) is 0 Å². The molecule has 4 nitrogen and oxygen atoms in total. The summed E-state index contributed by atoms with van der Waals surface area (Å²) in [5, 5.41) is 0. The van der Waals surface area contributed by atoms with Crippen molar-refractivity contribution in [3.05, 3.63) is 29.3 Å². The number of rotatable bonds is 5. The van der Waals surface area contributed by atoms with Gasteiger partial charge >= 0.3 is 0 Å². The highest BCUT2D eigenvalue weighted by atomic mass is 35.5. The summed E-state index contributed by atoms with van der Waals surface area (Å²) in [6.07, 6.45) is 0.914. The van der Waals surface area contributed by atoms with Crippen LogP contribution in [0.3, 0.4) is 0 Å². The van der Waals surface area contributed by atoms with Gasteiger partial charge in [0.25, 0.3) is 0 Å². The van der Waals surface area contributed by atoms with E-state index in [1.165, 1.54) is 11.1 Å². The minimum Gasteiger partial charge on any atom is -0.497 e. The maximum absolute atomic E-state index is 12.3. The number of methoxy groups -OCH3 is 1. The van der Waals surface area contributed by atoms with Crippen LogP contribution in [0.4, 0.5) is 0 Å². The Kier molecular flexibility index (Phi) is 5.82. The van der Waals surface area contributed by atoms with E-state index in [4.69, 9.17) is 16.3 Å². The van der Waals surface area contributed by atoms with Gasteiger partial charge in [0, 0.05) is 18.5 Å². The van der Waals surface area contributed by atoms with E-state index in [2.05, 4.69) is 44.9 Å². The Morgan fingerprint density at radius 2 is 2.04 bits per heavy atom. The van der Waals surface area contributed by atoms with Gasteiger partial charge in [0.1, 0.15) is 11.6 Å². The highest BCUT2D eigenvalue weighted by Crippen LogP contribution is 2.42. The molecule has 0 radical (unpaired) electrons. The van der Waals surface area contributed by atoms with Crippen molar-refractivity contribution < 1.29 is 9.53 Å². The van der Waals surface area contributed by atoms with E-state index in [1.807, 2.05) is 18.0 Å². The summed E-state index contributed by atoms with van der Waals surface area (Å²) in [5.74, 6) is 0.834. The van der Waals surface area contributed by atoms with Crippen LogP contribution >= 0.6 is 11.6 Å². The lowest BCUT2D eigenvalue weighted by Crippen LogP contribution is -2.62. The lowest BCUT2D eigenvalue weighted by molar-refractivity contribution is -0.132. The van der Waals surface area contributed by atoms with Crippen molar-refractivity contribution in [3.8, 4) is 5.75 Å². The third-order valence-electron chi connectivity index (χ3n) is 5.53. The van der Waals surface area contributed by atoms with Crippen molar-refractivity contribution in [2.24, 2.45) is 0 Å². The summed E-state index contributed by atoms with van der Waals surface area (Å²) < 4.78 is 5.42. The van der Waals surface area contributed by atoms with Crippen LogP contribution in [-0.2, 0) is 16.6 Å². The van der Waals surface area contributed by atoms with Crippen LogP contribution in [0, 0.1) is 0 Å². The first-order chi connectivity index (χ1) is 11.3. The lowest BCUT2D eigenvalue weighted by Gasteiger charge is -2.51. The van der Waals surface area contributed by atoms with E-state index in [1.54, 1.807) is 7.11 Å². The SMILES string of the molecule is CCN(C)[C@@H]1Cc2ccc(OC)cc2C(C)(C)[C@H]1N(C)C(=O)CCl. The Balaban J connectivity index is 2.56. The zero-order valence-electron chi connectivity index (χ0n) is 15.6. The van der Waals surface area contributed by atoms with Crippen LogP contribution < -0.4 is 4.74 Å². The Morgan fingerprint density at radius 1 is 1.38 bits per heavy atom. The van der Waals surface area contributed by atoms with Crippen molar-refractivity contribution in [2.45, 2.75) is 44.7 Å².